The second kappa shape index (κ2) is 7.33. The molecule has 0 aliphatic carbocycles. The number of rotatable bonds is 5. The van der Waals surface area contributed by atoms with E-state index < -0.39 is 5.97 Å². The fourth-order valence-electron chi connectivity index (χ4n) is 2.40. The molecule has 120 valence electrons. The van der Waals surface area contributed by atoms with Crippen molar-refractivity contribution in [1.82, 2.24) is 0 Å². The Kier molecular flexibility index (Phi) is 5.45. The summed E-state index contributed by atoms with van der Waals surface area (Å²) in [6, 6.07) is 10.8. The van der Waals surface area contributed by atoms with Crippen molar-refractivity contribution in [3.8, 4) is 11.5 Å². The second-order valence-electron chi connectivity index (χ2n) is 4.87. The highest BCUT2D eigenvalue weighted by Gasteiger charge is 2.22. The van der Waals surface area contributed by atoms with Gasteiger partial charge in [0.1, 0.15) is 17.1 Å². The van der Waals surface area contributed by atoms with Gasteiger partial charge in [-0.1, -0.05) is 34.1 Å². The Bertz CT molecular complexity index is 740. The molecule has 0 fully saturated rings. The zero-order chi connectivity index (χ0) is 17.0. The summed E-state index contributed by atoms with van der Waals surface area (Å²) in [6.07, 6.45) is 1.71. The summed E-state index contributed by atoms with van der Waals surface area (Å²) in [5.41, 5.74) is 1.55. The normalized spacial score (nSPS) is 11.6. The Balaban J connectivity index is 2.59. The molecule has 2 aromatic rings. The Morgan fingerprint density at radius 3 is 2.65 bits per heavy atom. The van der Waals surface area contributed by atoms with E-state index in [4.69, 9.17) is 9.47 Å². The van der Waals surface area contributed by atoms with E-state index in [1.807, 2.05) is 24.3 Å². The van der Waals surface area contributed by atoms with Crippen molar-refractivity contribution in [1.29, 1.82) is 0 Å². The molecule has 1 N–H and O–H groups in total. The minimum Gasteiger partial charge on any atom is -0.507 e. The number of ether oxygens (including phenoxy) is 2. The molecular weight excluding hydrogens is 360 g/mol. The summed E-state index contributed by atoms with van der Waals surface area (Å²) >= 11 is 3.36. The molecule has 0 heterocycles. The molecule has 1 atom stereocenters. The maximum Gasteiger partial charge on any atom is 0.341 e. The van der Waals surface area contributed by atoms with E-state index in [1.54, 1.807) is 19.3 Å². The van der Waals surface area contributed by atoms with Crippen molar-refractivity contribution in [3.63, 3.8) is 0 Å². The van der Waals surface area contributed by atoms with Crippen molar-refractivity contribution in [3.05, 3.63) is 70.2 Å². The van der Waals surface area contributed by atoms with E-state index >= 15 is 0 Å². The number of halogens is 1. The lowest BCUT2D eigenvalue weighted by molar-refractivity contribution is 0.0597. The predicted molar refractivity (Wildman–Crippen MR) is 92.2 cm³/mol. The molecule has 0 saturated heterocycles. The molecule has 1 unspecified atom stereocenters. The molecule has 0 radical (unpaired) electrons. The fraction of sp³-hybridized carbons (Fsp3) is 0.167. The number of methoxy groups -OCH3 is 2. The number of hydrogen-bond donors (Lipinski definition) is 1. The van der Waals surface area contributed by atoms with Crippen molar-refractivity contribution in [2.24, 2.45) is 0 Å². The average Bonchev–Trinajstić information content (AvgIpc) is 2.57. The summed E-state index contributed by atoms with van der Waals surface area (Å²) in [7, 11) is 2.86. The first-order valence-corrected chi connectivity index (χ1v) is 7.68. The summed E-state index contributed by atoms with van der Waals surface area (Å²) in [5, 5.41) is 10.5. The van der Waals surface area contributed by atoms with Crippen LogP contribution in [0.1, 0.15) is 27.4 Å². The van der Waals surface area contributed by atoms with Crippen LogP contribution in [0, 0.1) is 0 Å². The molecular formula is C18H17BrO4. The third-order valence-corrected chi connectivity index (χ3v) is 3.99. The first kappa shape index (κ1) is 17.1. The smallest absolute Gasteiger partial charge is 0.341 e. The summed E-state index contributed by atoms with van der Waals surface area (Å²) in [5.74, 6) is -0.311. The van der Waals surface area contributed by atoms with Crippen molar-refractivity contribution in [2.45, 2.75) is 5.92 Å². The van der Waals surface area contributed by atoms with Crippen LogP contribution in [0.3, 0.4) is 0 Å². The molecule has 0 aromatic heterocycles. The maximum atomic E-state index is 11.8. The minimum absolute atomic E-state index is 0.103. The van der Waals surface area contributed by atoms with Gasteiger partial charge in [0.05, 0.1) is 14.2 Å². The Morgan fingerprint density at radius 1 is 1.30 bits per heavy atom. The van der Waals surface area contributed by atoms with Gasteiger partial charge in [0.15, 0.2) is 0 Å². The van der Waals surface area contributed by atoms with E-state index in [2.05, 4.69) is 22.5 Å². The highest BCUT2D eigenvalue weighted by atomic mass is 79.9. The highest BCUT2D eigenvalue weighted by Crippen LogP contribution is 2.38. The lowest BCUT2D eigenvalue weighted by atomic mass is 9.89. The molecule has 0 bridgehead atoms. The quantitative estimate of drug-likeness (QED) is 0.625. The van der Waals surface area contributed by atoms with Gasteiger partial charge in [-0.3, -0.25) is 0 Å². The molecule has 0 aliphatic heterocycles. The molecule has 2 aromatic carbocycles. The van der Waals surface area contributed by atoms with Gasteiger partial charge in [0, 0.05) is 16.0 Å². The SMILES string of the molecule is C=CC(c1cccc(OC)c1)c1cc(Br)cc(C(=O)OC)c1O. The minimum atomic E-state index is -0.599. The molecule has 2 rings (SSSR count). The molecule has 0 saturated carbocycles. The van der Waals surface area contributed by atoms with Crippen molar-refractivity contribution >= 4 is 21.9 Å². The first-order valence-electron chi connectivity index (χ1n) is 6.89. The molecule has 4 nitrogen and oxygen atoms in total. The largest absolute Gasteiger partial charge is 0.507 e. The Hall–Kier alpha value is -2.27. The van der Waals surface area contributed by atoms with E-state index in [0.717, 1.165) is 5.56 Å². The van der Waals surface area contributed by atoms with Crippen LogP contribution in [0.2, 0.25) is 0 Å². The standard InChI is InChI=1S/C18H17BrO4/c1-4-14(11-6-5-7-13(8-11)22-2)15-9-12(19)10-16(17(15)20)18(21)23-3/h4-10,14,20H,1H2,2-3H3. The Labute approximate surface area is 143 Å². The van der Waals surface area contributed by atoms with Crippen LogP contribution in [0.5, 0.6) is 11.5 Å². The lowest BCUT2D eigenvalue weighted by Crippen LogP contribution is -2.06. The molecule has 0 spiro atoms. The van der Waals surface area contributed by atoms with E-state index in [0.29, 0.717) is 15.8 Å². The van der Waals surface area contributed by atoms with Gasteiger partial charge in [0.25, 0.3) is 0 Å². The summed E-state index contributed by atoms with van der Waals surface area (Å²) < 4.78 is 10.6. The van der Waals surface area contributed by atoms with E-state index in [9.17, 15) is 9.90 Å². The van der Waals surface area contributed by atoms with Gasteiger partial charge >= 0.3 is 5.97 Å². The maximum absolute atomic E-state index is 11.8. The third-order valence-electron chi connectivity index (χ3n) is 3.53. The van der Waals surface area contributed by atoms with E-state index in [1.165, 1.54) is 13.2 Å². The molecule has 0 amide bonds. The number of aromatic hydroxyl groups is 1. The predicted octanol–water partition coefficient (Wildman–Crippen LogP) is 4.27. The number of phenolic OH excluding ortho intramolecular Hbond substituents is 1. The number of benzene rings is 2. The van der Waals surface area contributed by atoms with Gasteiger partial charge in [-0.2, -0.15) is 0 Å². The van der Waals surface area contributed by atoms with Crippen molar-refractivity contribution < 1.29 is 19.4 Å². The van der Waals surface area contributed by atoms with Gasteiger partial charge in [-0.05, 0) is 29.8 Å². The number of carbonyl (C=O) groups excluding carboxylic acids is 1. The van der Waals surface area contributed by atoms with Crippen LogP contribution in [-0.4, -0.2) is 25.3 Å². The zero-order valence-corrected chi connectivity index (χ0v) is 14.5. The lowest BCUT2D eigenvalue weighted by Gasteiger charge is -2.18. The van der Waals surface area contributed by atoms with Crippen LogP contribution >= 0.6 is 15.9 Å². The fourth-order valence-corrected chi connectivity index (χ4v) is 2.88. The molecule has 23 heavy (non-hydrogen) atoms. The van der Waals surface area contributed by atoms with Crippen LogP contribution in [-0.2, 0) is 4.74 Å². The summed E-state index contributed by atoms with van der Waals surface area (Å²) in [6.45, 7) is 3.85. The number of esters is 1. The average molecular weight is 377 g/mol. The molecule has 5 heteroatoms. The number of allylic oxidation sites excluding steroid dienone is 1. The number of carbonyl (C=O) groups is 1. The zero-order valence-electron chi connectivity index (χ0n) is 12.9. The van der Waals surface area contributed by atoms with Gasteiger partial charge < -0.3 is 14.6 Å². The number of hydrogen-bond acceptors (Lipinski definition) is 4. The summed E-state index contributed by atoms with van der Waals surface area (Å²) in [4.78, 5) is 11.8. The molecule has 0 aliphatic rings. The Morgan fingerprint density at radius 2 is 2.04 bits per heavy atom. The van der Waals surface area contributed by atoms with Gasteiger partial charge in [0.2, 0.25) is 0 Å². The second-order valence-corrected chi connectivity index (χ2v) is 5.79. The first-order chi connectivity index (χ1) is 11.0. The van der Waals surface area contributed by atoms with Crippen LogP contribution < -0.4 is 4.74 Å². The van der Waals surface area contributed by atoms with Gasteiger partial charge in [-0.25, -0.2) is 4.79 Å². The highest BCUT2D eigenvalue weighted by molar-refractivity contribution is 9.10. The van der Waals surface area contributed by atoms with E-state index in [-0.39, 0.29) is 17.2 Å². The van der Waals surface area contributed by atoms with Crippen LogP contribution in [0.4, 0.5) is 0 Å². The number of phenols is 1. The van der Waals surface area contributed by atoms with Crippen LogP contribution in [0.25, 0.3) is 0 Å². The third kappa shape index (κ3) is 3.56. The van der Waals surface area contributed by atoms with Gasteiger partial charge in [-0.15, -0.1) is 6.58 Å². The van der Waals surface area contributed by atoms with Crippen LogP contribution in [0.15, 0.2) is 53.5 Å². The van der Waals surface area contributed by atoms with Crippen molar-refractivity contribution in [2.75, 3.05) is 14.2 Å². The topological polar surface area (TPSA) is 55.8 Å². The monoisotopic (exact) mass is 376 g/mol.